The van der Waals surface area contributed by atoms with Crippen molar-refractivity contribution in [1.29, 1.82) is 5.41 Å². The molecule has 0 aromatic heterocycles. The molecule has 13 heavy (non-hydrogen) atoms. The van der Waals surface area contributed by atoms with E-state index in [0.717, 1.165) is 0 Å². The van der Waals surface area contributed by atoms with Crippen LogP contribution >= 0.6 is 0 Å². The van der Waals surface area contributed by atoms with Crippen molar-refractivity contribution in [2.45, 2.75) is 0 Å². The number of hydrogen-bond acceptors (Lipinski definition) is 2. The second-order valence-electron chi connectivity index (χ2n) is 2.26. The van der Waals surface area contributed by atoms with E-state index in [0.29, 0.717) is 5.75 Å². The lowest BCUT2D eigenvalue weighted by Crippen LogP contribution is -2.15. The van der Waals surface area contributed by atoms with Crippen LogP contribution in [0.25, 0.3) is 0 Å². The fourth-order valence-corrected chi connectivity index (χ4v) is 0.740. The normalized spacial score (nSPS) is 10.9. The number of amidine groups is 2. The molecule has 0 unspecified atom stereocenters. The molecule has 1 aromatic rings. The van der Waals surface area contributed by atoms with E-state index < -0.39 is 0 Å². The number of nitrogens with two attached hydrogens (primary N) is 1. The van der Waals surface area contributed by atoms with Crippen LogP contribution in [-0.4, -0.2) is 19.6 Å². The van der Waals surface area contributed by atoms with Crippen LogP contribution in [0.2, 0.25) is 0 Å². The predicted molar refractivity (Wildman–Crippen MR) is 54.3 cm³/mol. The Morgan fingerprint density at radius 3 is 2.62 bits per heavy atom. The van der Waals surface area contributed by atoms with Gasteiger partial charge in [-0.2, -0.15) is 4.99 Å². The van der Waals surface area contributed by atoms with Gasteiger partial charge in [-0.15, -0.1) is 0 Å². The molecule has 0 bridgehead atoms. The third kappa shape index (κ3) is 3.42. The summed E-state index contributed by atoms with van der Waals surface area (Å²) in [6, 6.07) is 8.51. The summed E-state index contributed by atoms with van der Waals surface area (Å²) in [7, 11) is 5.05. The van der Waals surface area contributed by atoms with Gasteiger partial charge in [0.2, 0.25) is 0 Å². The third-order valence-electron chi connectivity index (χ3n) is 1.19. The number of rotatable bonds is 1. The van der Waals surface area contributed by atoms with E-state index in [-0.39, 0.29) is 13.2 Å². The molecule has 0 saturated carbocycles. The maximum Gasteiger partial charge on any atom is 0.315 e. The summed E-state index contributed by atoms with van der Waals surface area (Å²) in [6.45, 7) is 0. The molecule has 5 heteroatoms. The lowest BCUT2D eigenvalue weighted by Gasteiger charge is -2.01. The Hall–Kier alpha value is -1.78. The summed E-state index contributed by atoms with van der Waals surface area (Å²) in [5.74, 6) is 0.525. The zero-order valence-electron chi connectivity index (χ0n) is 6.90. The van der Waals surface area contributed by atoms with Gasteiger partial charge in [0.15, 0.2) is 7.85 Å². The molecule has 0 aliphatic heterocycles. The molecule has 0 saturated heterocycles. The fourth-order valence-electron chi connectivity index (χ4n) is 0.740. The van der Waals surface area contributed by atoms with Crippen molar-refractivity contribution in [3.63, 3.8) is 0 Å². The average Bonchev–Trinajstić information content (AvgIpc) is 2.04. The van der Waals surface area contributed by atoms with Crippen LogP contribution in [-0.2, 0) is 0 Å². The third-order valence-corrected chi connectivity index (χ3v) is 1.19. The first-order valence-electron chi connectivity index (χ1n) is 3.59. The van der Waals surface area contributed by atoms with Gasteiger partial charge in [0.25, 0.3) is 0 Å². The zero-order valence-corrected chi connectivity index (χ0v) is 6.90. The molecule has 0 amide bonds. The summed E-state index contributed by atoms with van der Waals surface area (Å²) in [6.07, 6.45) is 0. The van der Waals surface area contributed by atoms with E-state index in [9.17, 15) is 0 Å². The van der Waals surface area contributed by atoms with Gasteiger partial charge in [-0.3, -0.25) is 0 Å². The van der Waals surface area contributed by atoms with Crippen molar-refractivity contribution >= 4 is 19.6 Å². The Bertz CT molecular complexity index is 325. The van der Waals surface area contributed by atoms with E-state index in [1.165, 1.54) is 0 Å². The minimum absolute atomic E-state index is 0. The number of benzene rings is 1. The summed E-state index contributed by atoms with van der Waals surface area (Å²) in [5, 5.41) is 7.19. The van der Waals surface area contributed by atoms with Crippen molar-refractivity contribution in [2.75, 3.05) is 0 Å². The summed E-state index contributed by atoms with van der Waals surface area (Å²) < 4.78 is 4.96. The van der Waals surface area contributed by atoms with Gasteiger partial charge in [-0.1, -0.05) is 18.2 Å². The molecule has 0 spiro atoms. The second kappa shape index (κ2) is 4.30. The molecular weight excluding hydrogens is 165 g/mol. The minimum Gasteiger partial charge on any atom is -0.425 e. The van der Waals surface area contributed by atoms with Crippen LogP contribution in [0.1, 0.15) is 1.43 Å². The molecule has 2 radical (unpaired) electrons. The van der Waals surface area contributed by atoms with E-state index in [4.69, 9.17) is 23.7 Å². The maximum absolute atomic E-state index is 7.19. The molecule has 3 N–H and O–H groups in total. The number of nitrogens with one attached hydrogen (secondary N) is 1. The number of para-hydroxylation sites is 1. The van der Waals surface area contributed by atoms with E-state index in [1.807, 2.05) is 6.07 Å². The standard InChI is InChI=1S/C8H8BN3O.H2/c9-7(10)12-8(11)13-6-4-2-1-3-5-6;/h1-5H,(H3,10,11,12);1H. The van der Waals surface area contributed by atoms with Crippen molar-refractivity contribution < 1.29 is 6.16 Å². The first-order valence-corrected chi connectivity index (χ1v) is 3.59. The summed E-state index contributed by atoms with van der Waals surface area (Å²) in [4.78, 5) is 3.41. The highest BCUT2D eigenvalue weighted by Gasteiger charge is 1.96. The summed E-state index contributed by atoms with van der Waals surface area (Å²) >= 11 is 0. The Morgan fingerprint density at radius 2 is 2.08 bits per heavy atom. The molecule has 66 valence electrons. The van der Waals surface area contributed by atoms with Gasteiger partial charge in [0.1, 0.15) is 5.75 Å². The highest BCUT2D eigenvalue weighted by atomic mass is 16.5. The Kier molecular flexibility index (Phi) is 3.08. The van der Waals surface area contributed by atoms with Crippen LogP contribution < -0.4 is 10.5 Å². The second-order valence-corrected chi connectivity index (χ2v) is 2.26. The largest absolute Gasteiger partial charge is 0.425 e. The van der Waals surface area contributed by atoms with Gasteiger partial charge in [-0.05, 0) is 12.1 Å². The number of hydrogen-bond donors (Lipinski definition) is 2. The van der Waals surface area contributed by atoms with Gasteiger partial charge in [-0.25, -0.2) is 5.41 Å². The topological polar surface area (TPSA) is 71.5 Å². The lowest BCUT2D eigenvalue weighted by atomic mass is 10.1. The molecule has 1 aromatic carbocycles. The minimum atomic E-state index is -0.328. The average molecular weight is 175 g/mol. The van der Waals surface area contributed by atoms with E-state index >= 15 is 0 Å². The lowest BCUT2D eigenvalue weighted by molar-refractivity contribution is 0.538. The zero-order chi connectivity index (χ0) is 9.68. The monoisotopic (exact) mass is 175 g/mol. The molecule has 0 aliphatic rings. The molecule has 1 rings (SSSR count). The van der Waals surface area contributed by atoms with Gasteiger partial charge < -0.3 is 10.5 Å². The van der Waals surface area contributed by atoms with Crippen molar-refractivity contribution in [3.05, 3.63) is 30.3 Å². The van der Waals surface area contributed by atoms with Crippen LogP contribution in [0.3, 0.4) is 0 Å². The molecule has 0 fully saturated rings. The van der Waals surface area contributed by atoms with E-state index in [1.54, 1.807) is 24.3 Å². The number of nitrogens with zero attached hydrogens (tertiary/aromatic N) is 1. The highest BCUT2D eigenvalue weighted by Crippen LogP contribution is 2.08. The highest BCUT2D eigenvalue weighted by molar-refractivity contribution is 6.59. The Balaban J connectivity index is 0.00000169. The van der Waals surface area contributed by atoms with Gasteiger partial charge in [0, 0.05) is 7.16 Å². The van der Waals surface area contributed by atoms with Crippen LogP contribution in [0.5, 0.6) is 5.75 Å². The van der Waals surface area contributed by atoms with Crippen LogP contribution in [0.4, 0.5) is 0 Å². The summed E-state index contributed by atoms with van der Waals surface area (Å²) in [5.41, 5.74) is 4.86. The first kappa shape index (κ1) is 9.31. The number of aliphatic imine (C=N–C) groups is 1. The molecular formula is C8H10BN3O. The van der Waals surface area contributed by atoms with Crippen LogP contribution in [0, 0.1) is 5.41 Å². The smallest absolute Gasteiger partial charge is 0.315 e. The predicted octanol–water partition coefficient (Wildman–Crippen LogP) is 0.729. The Labute approximate surface area is 78.8 Å². The fraction of sp³-hybridized carbons (Fsp3) is 0. The Morgan fingerprint density at radius 1 is 1.46 bits per heavy atom. The van der Waals surface area contributed by atoms with Crippen LogP contribution in [0.15, 0.2) is 35.3 Å². The molecule has 0 heterocycles. The molecule has 0 aliphatic carbocycles. The van der Waals surface area contributed by atoms with E-state index in [2.05, 4.69) is 4.99 Å². The molecule has 0 atom stereocenters. The SMILES string of the molecule is [B]/C(N)=N/C(=N)Oc1ccccc1.[HH]. The maximum atomic E-state index is 7.19. The first-order chi connectivity index (χ1) is 6.18. The quantitative estimate of drug-likeness (QED) is 0.375. The number of ether oxygens (including phenoxy) is 1. The van der Waals surface area contributed by atoms with Crippen molar-refractivity contribution in [3.8, 4) is 5.75 Å². The molecule has 4 nitrogen and oxygen atoms in total. The van der Waals surface area contributed by atoms with Gasteiger partial charge >= 0.3 is 6.02 Å². The van der Waals surface area contributed by atoms with Crippen molar-refractivity contribution in [2.24, 2.45) is 10.7 Å². The van der Waals surface area contributed by atoms with Gasteiger partial charge in [0.05, 0.1) is 0 Å². The van der Waals surface area contributed by atoms with Crippen molar-refractivity contribution in [1.82, 2.24) is 0 Å².